The molecule has 4 N–H and O–H groups in total. The van der Waals surface area contributed by atoms with Gasteiger partial charge in [0.05, 0.1) is 16.3 Å². The van der Waals surface area contributed by atoms with Crippen molar-refractivity contribution in [2.75, 3.05) is 13.6 Å². The average molecular weight is 209 g/mol. The van der Waals surface area contributed by atoms with Gasteiger partial charge in [0.15, 0.2) is 0 Å². The SMILES string of the molecule is CNCC#Cc1ccc(C(=O)NN)s1. The zero-order valence-electron chi connectivity index (χ0n) is 7.76. The molecule has 0 aliphatic rings. The van der Waals surface area contributed by atoms with E-state index in [-0.39, 0.29) is 5.91 Å². The first-order valence-corrected chi connectivity index (χ1v) is 4.84. The maximum Gasteiger partial charge on any atom is 0.275 e. The minimum Gasteiger partial charge on any atom is -0.309 e. The highest BCUT2D eigenvalue weighted by atomic mass is 32.1. The number of nitrogens with one attached hydrogen (secondary N) is 2. The van der Waals surface area contributed by atoms with E-state index in [1.54, 1.807) is 12.1 Å². The first kappa shape index (κ1) is 10.7. The molecule has 0 radical (unpaired) electrons. The van der Waals surface area contributed by atoms with Crippen molar-refractivity contribution in [3.05, 3.63) is 21.9 Å². The highest BCUT2D eigenvalue weighted by molar-refractivity contribution is 7.14. The highest BCUT2D eigenvalue weighted by Crippen LogP contribution is 2.14. The van der Waals surface area contributed by atoms with Crippen molar-refractivity contribution in [2.24, 2.45) is 5.84 Å². The van der Waals surface area contributed by atoms with Crippen LogP contribution < -0.4 is 16.6 Å². The summed E-state index contributed by atoms with van der Waals surface area (Å²) in [5, 5.41) is 2.91. The predicted molar refractivity (Wildman–Crippen MR) is 56.8 cm³/mol. The van der Waals surface area contributed by atoms with E-state index in [0.717, 1.165) is 4.88 Å². The molecular weight excluding hydrogens is 198 g/mol. The predicted octanol–water partition coefficient (Wildman–Crippen LogP) is -0.0775. The highest BCUT2D eigenvalue weighted by Gasteiger charge is 2.05. The molecule has 4 nitrogen and oxygen atoms in total. The summed E-state index contributed by atoms with van der Waals surface area (Å²) in [6.07, 6.45) is 0. The van der Waals surface area contributed by atoms with Gasteiger partial charge in [0.2, 0.25) is 0 Å². The van der Waals surface area contributed by atoms with Gasteiger partial charge in [-0.15, -0.1) is 11.3 Å². The lowest BCUT2D eigenvalue weighted by Crippen LogP contribution is -2.29. The van der Waals surface area contributed by atoms with Gasteiger partial charge in [-0.3, -0.25) is 10.2 Å². The third kappa shape index (κ3) is 2.85. The van der Waals surface area contributed by atoms with Crippen LogP contribution in [-0.2, 0) is 0 Å². The van der Waals surface area contributed by atoms with Crippen LogP contribution in [0.15, 0.2) is 12.1 Å². The molecule has 1 rings (SSSR count). The van der Waals surface area contributed by atoms with Crippen molar-refractivity contribution >= 4 is 17.2 Å². The molecule has 0 aromatic carbocycles. The van der Waals surface area contributed by atoms with Crippen molar-refractivity contribution in [3.63, 3.8) is 0 Å². The van der Waals surface area contributed by atoms with Crippen LogP contribution in [0.2, 0.25) is 0 Å². The van der Waals surface area contributed by atoms with Gasteiger partial charge < -0.3 is 5.32 Å². The summed E-state index contributed by atoms with van der Waals surface area (Å²) < 4.78 is 0. The molecule has 0 atom stereocenters. The molecule has 0 aliphatic heterocycles. The summed E-state index contributed by atoms with van der Waals surface area (Å²) in [7, 11) is 1.83. The summed E-state index contributed by atoms with van der Waals surface area (Å²) in [6.45, 7) is 0.635. The van der Waals surface area contributed by atoms with Gasteiger partial charge in [0, 0.05) is 0 Å². The minimum absolute atomic E-state index is 0.281. The van der Waals surface area contributed by atoms with Gasteiger partial charge in [-0.05, 0) is 19.2 Å². The van der Waals surface area contributed by atoms with Gasteiger partial charge >= 0.3 is 0 Å². The number of hydrogen-bond donors (Lipinski definition) is 3. The number of thiophene rings is 1. The van der Waals surface area contributed by atoms with E-state index in [1.807, 2.05) is 7.05 Å². The Kier molecular flexibility index (Phi) is 4.13. The number of hydrogen-bond acceptors (Lipinski definition) is 4. The van der Waals surface area contributed by atoms with Crippen LogP contribution in [0, 0.1) is 11.8 Å². The normalized spacial score (nSPS) is 9.00. The second-order valence-electron chi connectivity index (χ2n) is 2.47. The molecule has 0 saturated heterocycles. The lowest BCUT2D eigenvalue weighted by atomic mass is 10.4. The molecule has 5 heteroatoms. The smallest absolute Gasteiger partial charge is 0.275 e. The van der Waals surface area contributed by atoms with Gasteiger partial charge in [-0.2, -0.15) is 0 Å². The first-order chi connectivity index (χ1) is 6.77. The molecule has 0 aliphatic carbocycles. The molecule has 1 heterocycles. The van der Waals surface area contributed by atoms with E-state index in [1.165, 1.54) is 11.3 Å². The fourth-order valence-corrected chi connectivity index (χ4v) is 1.60. The third-order valence-electron chi connectivity index (χ3n) is 1.44. The second-order valence-corrected chi connectivity index (χ2v) is 3.55. The third-order valence-corrected chi connectivity index (χ3v) is 2.44. The summed E-state index contributed by atoms with van der Waals surface area (Å²) in [5.74, 6) is 10.6. The molecule has 0 spiro atoms. The van der Waals surface area contributed by atoms with Crippen LogP contribution >= 0.6 is 11.3 Å². The molecule has 0 bridgehead atoms. The monoisotopic (exact) mass is 209 g/mol. The maximum absolute atomic E-state index is 11.1. The van der Waals surface area contributed by atoms with E-state index in [2.05, 4.69) is 22.6 Å². The Morgan fingerprint density at radius 2 is 2.43 bits per heavy atom. The molecule has 1 aromatic heterocycles. The van der Waals surface area contributed by atoms with Crippen LogP contribution in [0.1, 0.15) is 14.5 Å². The van der Waals surface area contributed by atoms with Crippen molar-refractivity contribution in [1.82, 2.24) is 10.7 Å². The Bertz CT molecular complexity index is 375. The van der Waals surface area contributed by atoms with Crippen molar-refractivity contribution in [1.29, 1.82) is 0 Å². The van der Waals surface area contributed by atoms with E-state index in [9.17, 15) is 4.79 Å². The zero-order chi connectivity index (χ0) is 10.4. The fourth-order valence-electron chi connectivity index (χ4n) is 0.818. The van der Waals surface area contributed by atoms with Crippen LogP contribution in [0.3, 0.4) is 0 Å². The van der Waals surface area contributed by atoms with Crippen molar-refractivity contribution in [2.45, 2.75) is 0 Å². The lowest BCUT2D eigenvalue weighted by Gasteiger charge is -1.91. The van der Waals surface area contributed by atoms with E-state index >= 15 is 0 Å². The largest absolute Gasteiger partial charge is 0.309 e. The number of carbonyl (C=O) groups is 1. The molecule has 74 valence electrons. The van der Waals surface area contributed by atoms with E-state index < -0.39 is 0 Å². The number of nitrogen functional groups attached to an aromatic ring is 1. The van der Waals surface area contributed by atoms with E-state index in [0.29, 0.717) is 11.4 Å². The minimum atomic E-state index is -0.281. The van der Waals surface area contributed by atoms with Crippen LogP contribution in [0.25, 0.3) is 0 Å². The maximum atomic E-state index is 11.1. The van der Waals surface area contributed by atoms with Gasteiger partial charge in [0.1, 0.15) is 0 Å². The Morgan fingerprint density at radius 1 is 1.64 bits per heavy atom. The molecular formula is C9H11N3OS. The molecule has 0 saturated carbocycles. The van der Waals surface area contributed by atoms with Gasteiger partial charge in [0.25, 0.3) is 5.91 Å². The number of rotatable bonds is 2. The summed E-state index contributed by atoms with van der Waals surface area (Å²) in [5.41, 5.74) is 2.07. The number of amides is 1. The van der Waals surface area contributed by atoms with Crippen molar-refractivity contribution < 1.29 is 4.79 Å². The Hall–Kier alpha value is -1.35. The van der Waals surface area contributed by atoms with Crippen LogP contribution in [0.4, 0.5) is 0 Å². The number of carbonyl (C=O) groups excluding carboxylic acids is 1. The zero-order valence-corrected chi connectivity index (χ0v) is 8.57. The fraction of sp³-hybridized carbons (Fsp3) is 0.222. The van der Waals surface area contributed by atoms with Crippen molar-refractivity contribution in [3.8, 4) is 11.8 Å². The summed E-state index contributed by atoms with van der Waals surface area (Å²) in [4.78, 5) is 12.5. The Labute approximate surface area is 86.5 Å². The number of nitrogens with two attached hydrogens (primary N) is 1. The number of hydrazine groups is 1. The molecule has 0 fully saturated rings. The Morgan fingerprint density at radius 3 is 3.07 bits per heavy atom. The van der Waals surface area contributed by atoms with Gasteiger partial charge in [-0.1, -0.05) is 11.8 Å². The average Bonchev–Trinajstić information content (AvgIpc) is 2.66. The molecule has 0 unspecified atom stereocenters. The van der Waals surface area contributed by atoms with E-state index in [4.69, 9.17) is 5.84 Å². The summed E-state index contributed by atoms with van der Waals surface area (Å²) >= 11 is 1.32. The molecule has 14 heavy (non-hydrogen) atoms. The Balaban J connectivity index is 2.70. The van der Waals surface area contributed by atoms with Crippen LogP contribution in [0.5, 0.6) is 0 Å². The molecule has 1 amide bonds. The molecule has 1 aromatic rings. The quantitative estimate of drug-likeness (QED) is 0.276. The first-order valence-electron chi connectivity index (χ1n) is 4.02. The summed E-state index contributed by atoms with van der Waals surface area (Å²) in [6, 6.07) is 3.51. The standard InChI is InChI=1S/C9H11N3OS/c1-11-6-2-3-7-4-5-8(14-7)9(13)12-10/h4-5,11H,6,10H2,1H3,(H,12,13). The van der Waals surface area contributed by atoms with Gasteiger partial charge in [-0.25, -0.2) is 5.84 Å². The second kappa shape index (κ2) is 5.40. The van der Waals surface area contributed by atoms with Crippen LogP contribution in [-0.4, -0.2) is 19.5 Å². The topological polar surface area (TPSA) is 67.2 Å². The lowest BCUT2D eigenvalue weighted by molar-refractivity contribution is 0.0957.